The van der Waals surface area contributed by atoms with Crippen molar-refractivity contribution in [2.45, 2.75) is 51.4 Å². The smallest absolute Gasteiger partial charge is 0.0420 e. The Balaban J connectivity index is 1.77. The Kier molecular flexibility index (Phi) is 3.93. The molecule has 2 rings (SSSR count). The molecule has 1 atom stereocenters. The summed E-state index contributed by atoms with van der Waals surface area (Å²) in [6.45, 7) is 1.06. The minimum atomic E-state index is 0.790. The Morgan fingerprint density at radius 3 is 2.53 bits per heavy atom. The number of hydrogen-bond donors (Lipinski definition) is 0. The van der Waals surface area contributed by atoms with Gasteiger partial charge in [0.15, 0.2) is 0 Å². The summed E-state index contributed by atoms with van der Waals surface area (Å²) in [5.41, 5.74) is 2.90. The maximum atomic E-state index is 4.80. The van der Waals surface area contributed by atoms with E-state index in [0.29, 0.717) is 0 Å². The van der Waals surface area contributed by atoms with Crippen molar-refractivity contribution in [2.24, 2.45) is 15.9 Å². The van der Waals surface area contributed by atoms with E-state index in [1.54, 1.807) is 0 Å². The molecule has 2 fully saturated rings. The predicted octanol–water partition coefficient (Wildman–Crippen LogP) is 3.26. The second-order valence-electron chi connectivity index (χ2n) is 4.87. The lowest BCUT2D eigenvalue weighted by atomic mass is 9.98. The molecule has 1 unspecified atom stereocenters. The molecule has 0 bridgehead atoms. The highest BCUT2D eigenvalue weighted by atomic mass is 14.8. The van der Waals surface area contributed by atoms with Gasteiger partial charge in [-0.25, -0.2) is 0 Å². The van der Waals surface area contributed by atoms with Crippen molar-refractivity contribution in [3.8, 4) is 0 Å². The third-order valence-corrected chi connectivity index (χ3v) is 3.69. The summed E-state index contributed by atoms with van der Waals surface area (Å²) in [6.07, 6.45) is 10.4. The highest BCUT2D eigenvalue weighted by Gasteiger charge is 2.19. The molecule has 0 aromatic rings. The van der Waals surface area contributed by atoms with Gasteiger partial charge < -0.3 is 0 Å². The van der Waals surface area contributed by atoms with E-state index < -0.39 is 0 Å². The molecule has 0 amide bonds. The normalized spacial score (nSPS) is 29.8. The van der Waals surface area contributed by atoms with Crippen LogP contribution in [0.1, 0.15) is 51.4 Å². The Morgan fingerprint density at radius 1 is 1.07 bits per heavy atom. The van der Waals surface area contributed by atoms with Crippen LogP contribution >= 0.6 is 0 Å². The number of aliphatic imine (C=N–C) groups is 2. The fourth-order valence-corrected chi connectivity index (χ4v) is 2.64. The summed E-state index contributed by atoms with van der Waals surface area (Å²) < 4.78 is 0. The molecule has 0 radical (unpaired) electrons. The van der Waals surface area contributed by atoms with E-state index in [1.807, 2.05) is 7.05 Å². The highest BCUT2D eigenvalue weighted by Crippen LogP contribution is 2.24. The van der Waals surface area contributed by atoms with Gasteiger partial charge in [-0.1, -0.05) is 6.42 Å². The summed E-state index contributed by atoms with van der Waals surface area (Å²) in [5.74, 6) is 0.790. The van der Waals surface area contributed by atoms with Gasteiger partial charge in [0, 0.05) is 25.0 Å². The molecule has 0 heterocycles. The predicted molar refractivity (Wildman–Crippen MR) is 66.1 cm³/mol. The molecular weight excluding hydrogens is 184 g/mol. The van der Waals surface area contributed by atoms with Crippen LogP contribution in [0.5, 0.6) is 0 Å². The molecule has 2 heteroatoms. The molecular formula is C13H22N2. The molecule has 0 spiro atoms. The summed E-state index contributed by atoms with van der Waals surface area (Å²) in [7, 11) is 1.92. The van der Waals surface area contributed by atoms with Gasteiger partial charge in [-0.15, -0.1) is 0 Å². The molecule has 0 aliphatic heterocycles. The molecule has 0 aromatic carbocycles. The average molecular weight is 206 g/mol. The summed E-state index contributed by atoms with van der Waals surface area (Å²) >= 11 is 0. The summed E-state index contributed by atoms with van der Waals surface area (Å²) in [5, 5.41) is 0. The molecule has 2 aliphatic carbocycles. The van der Waals surface area contributed by atoms with Gasteiger partial charge in [-0.2, -0.15) is 0 Å². The van der Waals surface area contributed by atoms with Crippen LogP contribution in [-0.4, -0.2) is 25.0 Å². The second-order valence-corrected chi connectivity index (χ2v) is 4.87. The standard InChI is InChI=1S/C13H22N2/c1-14-13-8-7-11(9-13)10-15-12-5-3-2-4-6-12/h11H,2-10H2,1H3. The minimum absolute atomic E-state index is 0.790. The second kappa shape index (κ2) is 5.43. The van der Waals surface area contributed by atoms with Crippen molar-refractivity contribution in [3.63, 3.8) is 0 Å². The molecule has 2 nitrogen and oxygen atoms in total. The van der Waals surface area contributed by atoms with E-state index in [-0.39, 0.29) is 0 Å². The Hall–Kier alpha value is -0.660. The molecule has 0 saturated heterocycles. The van der Waals surface area contributed by atoms with Crippen molar-refractivity contribution in [1.82, 2.24) is 0 Å². The van der Waals surface area contributed by atoms with Crippen LogP contribution in [0.25, 0.3) is 0 Å². The zero-order chi connectivity index (χ0) is 10.5. The minimum Gasteiger partial charge on any atom is -0.297 e. The average Bonchev–Trinajstić information content (AvgIpc) is 2.76. The Bertz CT molecular complexity index is 258. The third-order valence-electron chi connectivity index (χ3n) is 3.69. The van der Waals surface area contributed by atoms with Crippen LogP contribution in [-0.2, 0) is 0 Å². The van der Waals surface area contributed by atoms with Gasteiger partial charge in [0.25, 0.3) is 0 Å². The van der Waals surface area contributed by atoms with Gasteiger partial charge in [0.05, 0.1) is 0 Å². The van der Waals surface area contributed by atoms with Crippen LogP contribution < -0.4 is 0 Å². The lowest BCUT2D eigenvalue weighted by Crippen LogP contribution is -2.08. The molecule has 0 aromatic heterocycles. The van der Waals surface area contributed by atoms with Gasteiger partial charge in [-0.3, -0.25) is 9.98 Å². The van der Waals surface area contributed by atoms with Crippen molar-refractivity contribution in [1.29, 1.82) is 0 Å². The maximum absolute atomic E-state index is 4.80. The molecule has 0 N–H and O–H groups in total. The number of nitrogens with zero attached hydrogens (tertiary/aromatic N) is 2. The van der Waals surface area contributed by atoms with E-state index >= 15 is 0 Å². The summed E-state index contributed by atoms with van der Waals surface area (Å²) in [6, 6.07) is 0. The quantitative estimate of drug-likeness (QED) is 0.662. The molecule has 15 heavy (non-hydrogen) atoms. The monoisotopic (exact) mass is 206 g/mol. The van der Waals surface area contributed by atoms with E-state index in [2.05, 4.69) is 4.99 Å². The van der Waals surface area contributed by atoms with Gasteiger partial charge >= 0.3 is 0 Å². The first-order valence-electron chi connectivity index (χ1n) is 6.35. The SMILES string of the molecule is CN=C1CCC(CN=C2CCCCC2)C1. The number of hydrogen-bond acceptors (Lipinski definition) is 2. The zero-order valence-electron chi connectivity index (χ0n) is 9.84. The van der Waals surface area contributed by atoms with Crippen LogP contribution in [0.3, 0.4) is 0 Å². The highest BCUT2D eigenvalue weighted by molar-refractivity contribution is 5.87. The first-order chi connectivity index (χ1) is 7.38. The third kappa shape index (κ3) is 3.15. The van der Waals surface area contributed by atoms with Crippen molar-refractivity contribution in [3.05, 3.63) is 0 Å². The van der Waals surface area contributed by atoms with E-state index in [4.69, 9.17) is 4.99 Å². The lowest BCUT2D eigenvalue weighted by molar-refractivity contribution is 0.567. The topological polar surface area (TPSA) is 24.7 Å². The van der Waals surface area contributed by atoms with Crippen molar-refractivity contribution >= 4 is 11.4 Å². The molecule has 84 valence electrons. The van der Waals surface area contributed by atoms with E-state index in [1.165, 1.54) is 62.8 Å². The van der Waals surface area contributed by atoms with Gasteiger partial charge in [-0.05, 0) is 50.9 Å². The van der Waals surface area contributed by atoms with Crippen LogP contribution in [0, 0.1) is 5.92 Å². The first-order valence-corrected chi connectivity index (χ1v) is 6.35. The Labute approximate surface area is 92.9 Å². The first kappa shape index (κ1) is 10.8. The van der Waals surface area contributed by atoms with Crippen molar-refractivity contribution in [2.75, 3.05) is 13.6 Å². The van der Waals surface area contributed by atoms with Gasteiger partial charge in [0.1, 0.15) is 0 Å². The zero-order valence-corrected chi connectivity index (χ0v) is 9.84. The lowest BCUT2D eigenvalue weighted by Gasteiger charge is -2.13. The van der Waals surface area contributed by atoms with Crippen LogP contribution in [0.2, 0.25) is 0 Å². The van der Waals surface area contributed by atoms with Crippen LogP contribution in [0.15, 0.2) is 9.98 Å². The van der Waals surface area contributed by atoms with E-state index in [0.717, 1.165) is 12.5 Å². The van der Waals surface area contributed by atoms with E-state index in [9.17, 15) is 0 Å². The Morgan fingerprint density at radius 2 is 1.87 bits per heavy atom. The van der Waals surface area contributed by atoms with Gasteiger partial charge in [0.2, 0.25) is 0 Å². The fourth-order valence-electron chi connectivity index (χ4n) is 2.64. The maximum Gasteiger partial charge on any atom is 0.0420 e. The number of rotatable bonds is 2. The fraction of sp³-hybridized carbons (Fsp3) is 0.846. The summed E-state index contributed by atoms with van der Waals surface area (Å²) in [4.78, 5) is 9.10. The van der Waals surface area contributed by atoms with Crippen molar-refractivity contribution < 1.29 is 0 Å². The largest absolute Gasteiger partial charge is 0.297 e. The molecule has 2 saturated carbocycles. The van der Waals surface area contributed by atoms with Crippen LogP contribution in [0.4, 0.5) is 0 Å². The molecule has 2 aliphatic rings.